The van der Waals surface area contributed by atoms with Crippen LogP contribution in [0.5, 0.6) is 5.75 Å². The van der Waals surface area contributed by atoms with E-state index in [1.807, 2.05) is 0 Å². The SMILES string of the molecule is COc1cc(NC(=O)CN)ccc1NC(=O)CCl. The van der Waals surface area contributed by atoms with Crippen LogP contribution in [0.25, 0.3) is 0 Å². The summed E-state index contributed by atoms with van der Waals surface area (Å²) in [4.78, 5) is 22.3. The van der Waals surface area contributed by atoms with Crippen LogP contribution in [0.2, 0.25) is 0 Å². The molecule has 0 heterocycles. The molecule has 0 aliphatic rings. The monoisotopic (exact) mass is 271 g/mol. The highest BCUT2D eigenvalue weighted by Crippen LogP contribution is 2.27. The minimum absolute atomic E-state index is 0.104. The first kappa shape index (κ1) is 14.3. The molecule has 0 unspecified atom stereocenters. The number of rotatable bonds is 5. The number of halogens is 1. The predicted molar refractivity (Wildman–Crippen MR) is 70.0 cm³/mol. The highest BCUT2D eigenvalue weighted by Gasteiger charge is 2.08. The van der Waals surface area contributed by atoms with Crippen molar-refractivity contribution in [3.05, 3.63) is 18.2 Å². The Bertz CT molecular complexity index is 451. The lowest BCUT2D eigenvalue weighted by atomic mass is 10.2. The van der Waals surface area contributed by atoms with E-state index in [1.165, 1.54) is 7.11 Å². The van der Waals surface area contributed by atoms with E-state index in [2.05, 4.69) is 10.6 Å². The molecule has 0 atom stereocenters. The van der Waals surface area contributed by atoms with Crippen molar-refractivity contribution in [1.29, 1.82) is 0 Å². The molecule has 6 nitrogen and oxygen atoms in total. The van der Waals surface area contributed by atoms with Crippen LogP contribution < -0.4 is 21.1 Å². The molecule has 0 aliphatic heterocycles. The molecule has 1 rings (SSSR count). The van der Waals surface area contributed by atoms with Gasteiger partial charge in [0.2, 0.25) is 11.8 Å². The quantitative estimate of drug-likeness (QED) is 0.690. The molecular weight excluding hydrogens is 258 g/mol. The number of anilines is 2. The molecule has 0 bridgehead atoms. The minimum Gasteiger partial charge on any atom is -0.494 e. The van der Waals surface area contributed by atoms with Gasteiger partial charge in [0.15, 0.2) is 0 Å². The number of carbonyl (C=O) groups excluding carboxylic acids is 2. The molecule has 1 aromatic rings. The van der Waals surface area contributed by atoms with Crippen LogP contribution in [-0.4, -0.2) is 31.3 Å². The third kappa shape index (κ3) is 3.90. The van der Waals surface area contributed by atoms with E-state index in [4.69, 9.17) is 22.1 Å². The predicted octanol–water partition coefficient (Wildman–Crippen LogP) is 0.770. The number of amides is 2. The zero-order chi connectivity index (χ0) is 13.5. The number of hydrogen-bond acceptors (Lipinski definition) is 4. The van der Waals surface area contributed by atoms with Gasteiger partial charge in [-0.2, -0.15) is 0 Å². The first-order valence-electron chi connectivity index (χ1n) is 5.14. The second kappa shape index (κ2) is 6.83. The summed E-state index contributed by atoms with van der Waals surface area (Å²) in [6.07, 6.45) is 0. The van der Waals surface area contributed by atoms with Gasteiger partial charge in [-0.25, -0.2) is 0 Å². The van der Waals surface area contributed by atoms with Crippen molar-refractivity contribution in [2.24, 2.45) is 5.73 Å². The summed E-state index contributed by atoms with van der Waals surface area (Å²) < 4.78 is 5.11. The molecule has 4 N–H and O–H groups in total. The Morgan fingerprint density at radius 1 is 1.33 bits per heavy atom. The number of methoxy groups -OCH3 is 1. The molecule has 7 heteroatoms. The maximum absolute atomic E-state index is 11.2. The fourth-order valence-electron chi connectivity index (χ4n) is 1.27. The van der Waals surface area contributed by atoms with Gasteiger partial charge < -0.3 is 21.1 Å². The van der Waals surface area contributed by atoms with E-state index < -0.39 is 0 Å². The van der Waals surface area contributed by atoms with Gasteiger partial charge in [0.25, 0.3) is 0 Å². The van der Waals surface area contributed by atoms with Crippen molar-refractivity contribution in [3.8, 4) is 5.75 Å². The summed E-state index contributed by atoms with van der Waals surface area (Å²) in [7, 11) is 1.46. The molecule has 0 saturated heterocycles. The zero-order valence-electron chi connectivity index (χ0n) is 9.83. The van der Waals surface area contributed by atoms with E-state index in [-0.39, 0.29) is 24.2 Å². The van der Waals surface area contributed by atoms with Crippen LogP contribution in [0.15, 0.2) is 18.2 Å². The largest absolute Gasteiger partial charge is 0.494 e. The van der Waals surface area contributed by atoms with Gasteiger partial charge in [0, 0.05) is 11.8 Å². The lowest BCUT2D eigenvalue weighted by molar-refractivity contribution is -0.115. The Labute approximate surface area is 109 Å². The van der Waals surface area contributed by atoms with Crippen LogP contribution in [0.4, 0.5) is 11.4 Å². The average Bonchev–Trinajstić information content (AvgIpc) is 2.39. The Balaban J connectivity index is 2.89. The standard InChI is InChI=1S/C11H14ClN3O3/c1-18-9-4-7(14-11(17)6-13)2-3-8(9)15-10(16)5-12/h2-4H,5-6,13H2,1H3,(H,14,17)(H,15,16). The van der Waals surface area contributed by atoms with Gasteiger partial charge in [0.1, 0.15) is 11.6 Å². The van der Waals surface area contributed by atoms with E-state index in [0.717, 1.165) is 0 Å². The van der Waals surface area contributed by atoms with Crippen LogP contribution >= 0.6 is 11.6 Å². The maximum atomic E-state index is 11.2. The van der Waals surface area contributed by atoms with Crippen LogP contribution in [0.3, 0.4) is 0 Å². The Hall–Kier alpha value is -1.79. The van der Waals surface area contributed by atoms with Gasteiger partial charge in [-0.15, -0.1) is 11.6 Å². The molecule has 0 aromatic heterocycles. The summed E-state index contributed by atoms with van der Waals surface area (Å²) >= 11 is 5.39. The highest BCUT2D eigenvalue weighted by molar-refractivity contribution is 6.29. The number of alkyl halides is 1. The smallest absolute Gasteiger partial charge is 0.239 e. The molecule has 98 valence electrons. The van der Waals surface area contributed by atoms with E-state index in [0.29, 0.717) is 17.1 Å². The molecule has 0 aliphatic carbocycles. The van der Waals surface area contributed by atoms with Gasteiger partial charge >= 0.3 is 0 Å². The lowest BCUT2D eigenvalue weighted by Crippen LogP contribution is -2.21. The Morgan fingerprint density at radius 2 is 2.06 bits per heavy atom. The maximum Gasteiger partial charge on any atom is 0.239 e. The summed E-state index contributed by atoms with van der Waals surface area (Å²) in [5, 5.41) is 5.15. The van der Waals surface area contributed by atoms with Crippen molar-refractivity contribution in [2.75, 3.05) is 30.2 Å². The summed E-state index contributed by atoms with van der Waals surface area (Å²) in [5.41, 5.74) is 6.20. The van der Waals surface area contributed by atoms with Crippen molar-refractivity contribution in [3.63, 3.8) is 0 Å². The van der Waals surface area contributed by atoms with Crippen LogP contribution in [0, 0.1) is 0 Å². The molecule has 2 amide bonds. The molecular formula is C11H14ClN3O3. The van der Waals surface area contributed by atoms with Crippen molar-refractivity contribution >= 4 is 34.8 Å². The topological polar surface area (TPSA) is 93.4 Å². The van der Waals surface area contributed by atoms with E-state index >= 15 is 0 Å². The number of ether oxygens (including phenoxy) is 1. The summed E-state index contributed by atoms with van der Waals surface area (Å²) in [6, 6.07) is 4.81. The normalized spacial score (nSPS) is 9.72. The number of benzene rings is 1. The number of hydrogen-bond donors (Lipinski definition) is 3. The van der Waals surface area contributed by atoms with Gasteiger partial charge in [-0.05, 0) is 12.1 Å². The van der Waals surface area contributed by atoms with Crippen molar-refractivity contribution in [2.45, 2.75) is 0 Å². The molecule has 1 aromatic carbocycles. The van der Waals surface area contributed by atoms with Gasteiger partial charge in [0.05, 0.1) is 19.3 Å². The number of nitrogens with one attached hydrogen (secondary N) is 2. The third-order valence-corrected chi connectivity index (χ3v) is 2.31. The van der Waals surface area contributed by atoms with Crippen molar-refractivity contribution < 1.29 is 14.3 Å². The molecule has 0 saturated carbocycles. The molecule has 0 fully saturated rings. The van der Waals surface area contributed by atoms with Gasteiger partial charge in [-0.3, -0.25) is 9.59 Å². The zero-order valence-corrected chi connectivity index (χ0v) is 10.6. The number of nitrogens with two attached hydrogens (primary N) is 1. The van der Waals surface area contributed by atoms with E-state index in [1.54, 1.807) is 18.2 Å². The van der Waals surface area contributed by atoms with Crippen LogP contribution in [-0.2, 0) is 9.59 Å². The lowest BCUT2D eigenvalue weighted by Gasteiger charge is -2.11. The first-order chi connectivity index (χ1) is 8.60. The summed E-state index contributed by atoms with van der Waals surface area (Å²) in [6.45, 7) is -0.104. The summed E-state index contributed by atoms with van der Waals surface area (Å²) in [5.74, 6) is -0.374. The Morgan fingerprint density at radius 3 is 2.61 bits per heavy atom. The van der Waals surface area contributed by atoms with Crippen LogP contribution in [0.1, 0.15) is 0 Å². The fourth-order valence-corrected chi connectivity index (χ4v) is 1.33. The Kier molecular flexibility index (Phi) is 5.41. The first-order valence-corrected chi connectivity index (χ1v) is 5.68. The third-order valence-electron chi connectivity index (χ3n) is 2.07. The average molecular weight is 272 g/mol. The number of carbonyl (C=O) groups is 2. The van der Waals surface area contributed by atoms with Crippen molar-refractivity contribution in [1.82, 2.24) is 0 Å². The second-order valence-corrected chi connectivity index (χ2v) is 3.62. The molecule has 0 spiro atoms. The highest BCUT2D eigenvalue weighted by atomic mass is 35.5. The van der Waals surface area contributed by atoms with Gasteiger partial charge in [-0.1, -0.05) is 0 Å². The van der Waals surface area contributed by atoms with E-state index in [9.17, 15) is 9.59 Å². The molecule has 18 heavy (non-hydrogen) atoms. The second-order valence-electron chi connectivity index (χ2n) is 3.35. The fraction of sp³-hybridized carbons (Fsp3) is 0.273. The molecule has 0 radical (unpaired) electrons. The minimum atomic E-state index is -0.339.